The van der Waals surface area contributed by atoms with Gasteiger partial charge in [0.1, 0.15) is 5.82 Å². The van der Waals surface area contributed by atoms with E-state index in [2.05, 4.69) is 48.3 Å². The van der Waals surface area contributed by atoms with E-state index in [0.717, 1.165) is 30.8 Å². The number of amides is 1. The number of nitrogens with zero attached hydrogens (tertiary/aromatic N) is 1. The number of halogens is 1. The highest BCUT2D eigenvalue weighted by molar-refractivity contribution is 5.78. The van der Waals surface area contributed by atoms with Gasteiger partial charge in [-0.15, -0.1) is 0 Å². The normalized spacial score (nSPS) is 10.8. The van der Waals surface area contributed by atoms with Crippen molar-refractivity contribution in [2.75, 3.05) is 13.1 Å². The zero-order valence-electron chi connectivity index (χ0n) is 14.4. The smallest absolute Gasteiger partial charge is 0.224 e. The third-order valence-electron chi connectivity index (χ3n) is 4.09. The first-order valence-corrected chi connectivity index (χ1v) is 8.42. The second kappa shape index (κ2) is 9.18. The summed E-state index contributed by atoms with van der Waals surface area (Å²) in [5.74, 6) is -0.349. The minimum Gasteiger partial charge on any atom is -0.352 e. The summed E-state index contributed by atoms with van der Waals surface area (Å²) < 4.78 is 12.8. The number of hydrogen-bond donors (Lipinski definition) is 1. The molecule has 0 spiro atoms. The van der Waals surface area contributed by atoms with Gasteiger partial charge in [0.05, 0.1) is 6.42 Å². The molecule has 1 amide bonds. The molecule has 0 aliphatic heterocycles. The van der Waals surface area contributed by atoms with Crippen LogP contribution in [0.5, 0.6) is 0 Å². The van der Waals surface area contributed by atoms with Gasteiger partial charge in [0.15, 0.2) is 0 Å². The predicted molar refractivity (Wildman–Crippen MR) is 95.0 cm³/mol. The molecule has 0 aliphatic carbocycles. The number of hydrogen-bond acceptors (Lipinski definition) is 2. The zero-order chi connectivity index (χ0) is 17.4. The van der Waals surface area contributed by atoms with E-state index >= 15 is 0 Å². The number of carbonyl (C=O) groups excluding carboxylic acids is 1. The maximum Gasteiger partial charge on any atom is 0.224 e. The van der Waals surface area contributed by atoms with Crippen LogP contribution in [0.15, 0.2) is 48.5 Å². The predicted octanol–water partition coefficient (Wildman–Crippen LogP) is 3.53. The summed E-state index contributed by atoms with van der Waals surface area (Å²) in [4.78, 5) is 14.3. The summed E-state index contributed by atoms with van der Waals surface area (Å²) in [6, 6.07) is 14.3. The van der Waals surface area contributed by atoms with Crippen LogP contribution in [-0.4, -0.2) is 23.9 Å². The lowest BCUT2D eigenvalue weighted by atomic mass is 10.1. The summed E-state index contributed by atoms with van der Waals surface area (Å²) in [5.41, 5.74) is 3.16. The molecule has 0 saturated carbocycles. The van der Waals surface area contributed by atoms with E-state index in [-0.39, 0.29) is 18.1 Å². The van der Waals surface area contributed by atoms with Crippen molar-refractivity contribution in [3.05, 3.63) is 71.0 Å². The Labute approximate surface area is 143 Å². The first kappa shape index (κ1) is 18.1. The number of nitrogens with one attached hydrogen (secondary N) is 1. The maximum absolute atomic E-state index is 12.8. The van der Waals surface area contributed by atoms with Crippen LogP contribution in [-0.2, 0) is 24.3 Å². The molecule has 128 valence electrons. The molecule has 3 nitrogen and oxygen atoms in total. The molecule has 2 rings (SSSR count). The maximum atomic E-state index is 12.8. The highest BCUT2D eigenvalue weighted by atomic mass is 19.1. The fourth-order valence-corrected chi connectivity index (χ4v) is 2.52. The Balaban J connectivity index is 1.81. The van der Waals surface area contributed by atoms with Crippen LogP contribution in [0.3, 0.4) is 0 Å². The average molecular weight is 328 g/mol. The van der Waals surface area contributed by atoms with Gasteiger partial charge in [-0.1, -0.05) is 50.2 Å². The molecule has 2 aromatic rings. The van der Waals surface area contributed by atoms with Crippen molar-refractivity contribution >= 4 is 5.91 Å². The van der Waals surface area contributed by atoms with Gasteiger partial charge in [-0.25, -0.2) is 4.39 Å². The first-order chi connectivity index (χ1) is 11.6. The molecular weight excluding hydrogens is 303 g/mol. The topological polar surface area (TPSA) is 32.3 Å². The van der Waals surface area contributed by atoms with Gasteiger partial charge in [0.2, 0.25) is 5.91 Å². The van der Waals surface area contributed by atoms with Crippen molar-refractivity contribution in [1.82, 2.24) is 10.2 Å². The fraction of sp³-hybridized carbons (Fsp3) is 0.350. The van der Waals surface area contributed by atoms with Crippen molar-refractivity contribution in [3.8, 4) is 0 Å². The Bertz CT molecular complexity index is 634. The molecule has 0 fully saturated rings. The average Bonchev–Trinajstić information content (AvgIpc) is 2.61. The van der Waals surface area contributed by atoms with Crippen LogP contribution in [0.1, 0.15) is 30.5 Å². The molecule has 4 heteroatoms. The van der Waals surface area contributed by atoms with E-state index in [9.17, 15) is 9.18 Å². The minimum absolute atomic E-state index is 0.0613. The molecular formula is C20H25FN2O. The van der Waals surface area contributed by atoms with Crippen molar-refractivity contribution in [2.24, 2.45) is 0 Å². The largest absolute Gasteiger partial charge is 0.352 e. The van der Waals surface area contributed by atoms with Gasteiger partial charge < -0.3 is 5.32 Å². The zero-order valence-corrected chi connectivity index (χ0v) is 14.4. The van der Waals surface area contributed by atoms with Crippen LogP contribution < -0.4 is 5.32 Å². The highest BCUT2D eigenvalue weighted by Gasteiger charge is 2.05. The molecule has 0 bridgehead atoms. The van der Waals surface area contributed by atoms with Crippen molar-refractivity contribution < 1.29 is 9.18 Å². The Kier molecular flexibility index (Phi) is 6.94. The van der Waals surface area contributed by atoms with Gasteiger partial charge in [0.25, 0.3) is 0 Å². The quantitative estimate of drug-likeness (QED) is 0.804. The Morgan fingerprint density at radius 1 is 0.917 bits per heavy atom. The molecule has 0 heterocycles. The number of rotatable bonds is 8. The van der Waals surface area contributed by atoms with Gasteiger partial charge >= 0.3 is 0 Å². The summed E-state index contributed by atoms with van der Waals surface area (Å²) in [6.45, 7) is 7.86. The number of benzene rings is 2. The van der Waals surface area contributed by atoms with Gasteiger partial charge in [-0.2, -0.15) is 0 Å². The van der Waals surface area contributed by atoms with Crippen LogP contribution in [0.2, 0.25) is 0 Å². The molecule has 0 aromatic heterocycles. The van der Waals surface area contributed by atoms with Gasteiger partial charge in [-0.3, -0.25) is 9.69 Å². The van der Waals surface area contributed by atoms with Crippen LogP contribution >= 0.6 is 0 Å². The van der Waals surface area contributed by atoms with E-state index < -0.39 is 0 Å². The third-order valence-corrected chi connectivity index (χ3v) is 4.09. The molecule has 0 saturated heterocycles. The van der Waals surface area contributed by atoms with Crippen molar-refractivity contribution in [1.29, 1.82) is 0 Å². The van der Waals surface area contributed by atoms with Crippen LogP contribution in [0, 0.1) is 5.82 Å². The van der Waals surface area contributed by atoms with E-state index in [4.69, 9.17) is 0 Å². The SMILES string of the molecule is CCN(CC)Cc1ccc(CNC(=O)Cc2ccc(F)cc2)cc1. The fourth-order valence-electron chi connectivity index (χ4n) is 2.52. The minimum atomic E-state index is -0.288. The summed E-state index contributed by atoms with van der Waals surface area (Å²) >= 11 is 0. The van der Waals surface area contributed by atoms with Crippen LogP contribution in [0.25, 0.3) is 0 Å². The molecule has 0 aliphatic rings. The second-order valence-electron chi connectivity index (χ2n) is 5.86. The highest BCUT2D eigenvalue weighted by Crippen LogP contribution is 2.08. The summed E-state index contributed by atoms with van der Waals surface area (Å²) in [6.07, 6.45) is 0.264. The summed E-state index contributed by atoms with van der Waals surface area (Å²) in [7, 11) is 0. The third kappa shape index (κ3) is 5.78. The molecule has 0 atom stereocenters. The molecule has 24 heavy (non-hydrogen) atoms. The lowest BCUT2D eigenvalue weighted by Gasteiger charge is -2.18. The van der Waals surface area contributed by atoms with E-state index in [1.54, 1.807) is 12.1 Å². The first-order valence-electron chi connectivity index (χ1n) is 8.42. The molecule has 0 unspecified atom stereocenters. The second-order valence-corrected chi connectivity index (χ2v) is 5.86. The lowest BCUT2D eigenvalue weighted by Crippen LogP contribution is -2.24. The van der Waals surface area contributed by atoms with Gasteiger partial charge in [0, 0.05) is 13.1 Å². The number of carbonyl (C=O) groups is 1. The Hall–Kier alpha value is -2.20. The monoisotopic (exact) mass is 328 g/mol. The lowest BCUT2D eigenvalue weighted by molar-refractivity contribution is -0.120. The van der Waals surface area contributed by atoms with E-state index in [1.165, 1.54) is 17.7 Å². The van der Waals surface area contributed by atoms with Gasteiger partial charge in [-0.05, 0) is 41.9 Å². The standard InChI is InChI=1S/C20H25FN2O/c1-3-23(4-2)15-18-7-5-17(6-8-18)14-22-20(24)13-16-9-11-19(21)12-10-16/h5-12H,3-4,13-15H2,1-2H3,(H,22,24). The Morgan fingerprint density at radius 2 is 1.46 bits per heavy atom. The Morgan fingerprint density at radius 3 is 2.04 bits per heavy atom. The summed E-state index contributed by atoms with van der Waals surface area (Å²) in [5, 5.41) is 2.90. The van der Waals surface area contributed by atoms with E-state index in [0.29, 0.717) is 6.54 Å². The molecule has 0 radical (unpaired) electrons. The van der Waals surface area contributed by atoms with E-state index in [1.807, 2.05) is 0 Å². The molecule has 1 N–H and O–H groups in total. The van der Waals surface area contributed by atoms with Crippen molar-refractivity contribution in [3.63, 3.8) is 0 Å². The molecule has 2 aromatic carbocycles. The van der Waals surface area contributed by atoms with Crippen molar-refractivity contribution in [2.45, 2.75) is 33.4 Å². The van der Waals surface area contributed by atoms with Crippen LogP contribution in [0.4, 0.5) is 4.39 Å².